The van der Waals surface area contributed by atoms with Crippen LogP contribution in [0.25, 0.3) is 0 Å². The highest BCUT2D eigenvalue weighted by atomic mass is 13.9. The molecule has 0 N–H and O–H groups in total. The molecule has 0 bridgehead atoms. The third-order valence-corrected chi connectivity index (χ3v) is 2.37. The number of hydrogen-bond donors (Lipinski definition) is 0. The Morgan fingerprint density at radius 2 is 1.73 bits per heavy atom. The third-order valence-electron chi connectivity index (χ3n) is 2.37. The normalized spacial score (nSPS) is 11.0. The molecule has 0 aromatic carbocycles. The summed E-state index contributed by atoms with van der Waals surface area (Å²) in [6, 6.07) is 0. The second-order valence-corrected chi connectivity index (χ2v) is 4.03. The van der Waals surface area contributed by atoms with Crippen molar-refractivity contribution in [1.82, 2.24) is 0 Å². The SMILES string of the molecule is CCCCC#C/C(=C\CCCC)CCC. The summed E-state index contributed by atoms with van der Waals surface area (Å²) in [5.41, 5.74) is 1.36. The molecule has 0 aliphatic rings. The fourth-order valence-electron chi connectivity index (χ4n) is 1.41. The van der Waals surface area contributed by atoms with Crippen LogP contribution in [0.4, 0.5) is 0 Å². The summed E-state index contributed by atoms with van der Waals surface area (Å²) >= 11 is 0. The first-order valence-corrected chi connectivity index (χ1v) is 6.53. The van der Waals surface area contributed by atoms with Crippen LogP contribution in [0.5, 0.6) is 0 Å². The highest BCUT2D eigenvalue weighted by molar-refractivity contribution is 5.28. The maximum atomic E-state index is 3.33. The zero-order valence-corrected chi connectivity index (χ0v) is 10.7. The van der Waals surface area contributed by atoms with E-state index in [0.29, 0.717) is 0 Å². The Bertz CT molecular complexity index is 212. The van der Waals surface area contributed by atoms with Gasteiger partial charge in [0.05, 0.1) is 0 Å². The van der Waals surface area contributed by atoms with Crippen LogP contribution in [0, 0.1) is 11.8 Å². The lowest BCUT2D eigenvalue weighted by Gasteiger charge is -1.97. The van der Waals surface area contributed by atoms with E-state index in [1.807, 2.05) is 0 Å². The minimum atomic E-state index is 1.06. The molecule has 0 atom stereocenters. The molecule has 0 heteroatoms. The lowest BCUT2D eigenvalue weighted by molar-refractivity contribution is 0.805. The van der Waals surface area contributed by atoms with Crippen molar-refractivity contribution >= 4 is 0 Å². The first kappa shape index (κ1) is 14.3. The summed E-state index contributed by atoms with van der Waals surface area (Å²) in [6.45, 7) is 6.67. The van der Waals surface area contributed by atoms with Gasteiger partial charge in [-0.1, -0.05) is 64.4 Å². The molecule has 0 spiro atoms. The fourth-order valence-corrected chi connectivity index (χ4v) is 1.41. The molecular weight excluding hydrogens is 180 g/mol. The fraction of sp³-hybridized carbons (Fsp3) is 0.733. The molecule has 0 saturated heterocycles. The molecule has 0 amide bonds. The van der Waals surface area contributed by atoms with Crippen LogP contribution in [-0.4, -0.2) is 0 Å². The largest absolute Gasteiger partial charge is 0.0982 e. The van der Waals surface area contributed by atoms with Gasteiger partial charge in [0, 0.05) is 6.42 Å². The zero-order valence-electron chi connectivity index (χ0n) is 10.7. The van der Waals surface area contributed by atoms with Gasteiger partial charge in [-0.3, -0.25) is 0 Å². The Kier molecular flexibility index (Phi) is 10.8. The summed E-state index contributed by atoms with van der Waals surface area (Å²) in [7, 11) is 0. The van der Waals surface area contributed by atoms with Gasteiger partial charge in [-0.05, 0) is 24.8 Å². The molecule has 0 aliphatic heterocycles. The second kappa shape index (κ2) is 11.4. The standard InChI is InChI=1S/C15H26/c1-4-7-9-11-14-15(12-6-3)13-10-8-5-2/h13H,4-10,12H2,1-3H3/b15-13-. The molecule has 0 aromatic heterocycles. The number of hydrogen-bond acceptors (Lipinski definition) is 0. The van der Waals surface area contributed by atoms with Crippen molar-refractivity contribution in [2.24, 2.45) is 0 Å². The van der Waals surface area contributed by atoms with Crippen molar-refractivity contribution in [2.75, 3.05) is 0 Å². The molecule has 0 saturated carbocycles. The highest BCUT2D eigenvalue weighted by Crippen LogP contribution is 2.07. The highest BCUT2D eigenvalue weighted by Gasteiger charge is 1.90. The predicted molar refractivity (Wildman–Crippen MR) is 69.8 cm³/mol. The van der Waals surface area contributed by atoms with E-state index in [0.717, 1.165) is 12.8 Å². The molecule has 0 rings (SSSR count). The molecular formula is C15H26. The molecule has 0 aromatic rings. The van der Waals surface area contributed by atoms with Gasteiger partial charge in [-0.2, -0.15) is 0 Å². The molecule has 0 aliphatic carbocycles. The summed E-state index contributed by atoms with van der Waals surface area (Å²) in [6.07, 6.45) is 12.0. The van der Waals surface area contributed by atoms with Gasteiger partial charge >= 0.3 is 0 Å². The van der Waals surface area contributed by atoms with Crippen LogP contribution in [0.15, 0.2) is 11.6 Å². The van der Waals surface area contributed by atoms with Gasteiger partial charge in [-0.15, -0.1) is 0 Å². The first-order chi connectivity index (χ1) is 7.35. The van der Waals surface area contributed by atoms with E-state index >= 15 is 0 Å². The number of allylic oxidation sites excluding steroid dienone is 2. The minimum Gasteiger partial charge on any atom is -0.0982 e. The molecule has 0 radical (unpaired) electrons. The maximum absolute atomic E-state index is 3.33. The van der Waals surface area contributed by atoms with Gasteiger partial charge < -0.3 is 0 Å². The number of rotatable bonds is 7. The summed E-state index contributed by atoms with van der Waals surface area (Å²) < 4.78 is 0. The average molecular weight is 206 g/mol. The lowest BCUT2D eigenvalue weighted by Crippen LogP contribution is -1.80. The monoisotopic (exact) mass is 206 g/mol. The second-order valence-electron chi connectivity index (χ2n) is 4.03. The quantitative estimate of drug-likeness (QED) is 0.402. The Morgan fingerprint density at radius 3 is 2.33 bits per heavy atom. The minimum absolute atomic E-state index is 1.06. The predicted octanol–water partition coefficient (Wildman–Crippen LogP) is 5.10. The van der Waals surface area contributed by atoms with Crippen LogP contribution in [0.3, 0.4) is 0 Å². The van der Waals surface area contributed by atoms with Crippen molar-refractivity contribution < 1.29 is 0 Å². The Morgan fingerprint density at radius 1 is 1.00 bits per heavy atom. The summed E-state index contributed by atoms with van der Waals surface area (Å²) in [5, 5.41) is 0. The van der Waals surface area contributed by atoms with E-state index in [9.17, 15) is 0 Å². The third kappa shape index (κ3) is 9.60. The van der Waals surface area contributed by atoms with E-state index in [2.05, 4.69) is 38.7 Å². The van der Waals surface area contributed by atoms with Crippen molar-refractivity contribution in [1.29, 1.82) is 0 Å². The molecule has 0 fully saturated rings. The van der Waals surface area contributed by atoms with Crippen LogP contribution < -0.4 is 0 Å². The van der Waals surface area contributed by atoms with Gasteiger partial charge in [0.25, 0.3) is 0 Å². The van der Waals surface area contributed by atoms with Crippen molar-refractivity contribution in [3.8, 4) is 11.8 Å². The summed E-state index contributed by atoms with van der Waals surface area (Å²) in [4.78, 5) is 0. The van der Waals surface area contributed by atoms with Gasteiger partial charge in [-0.25, -0.2) is 0 Å². The zero-order chi connectivity index (χ0) is 11.4. The van der Waals surface area contributed by atoms with E-state index < -0.39 is 0 Å². The molecule has 0 nitrogen and oxygen atoms in total. The van der Waals surface area contributed by atoms with E-state index in [-0.39, 0.29) is 0 Å². The van der Waals surface area contributed by atoms with Gasteiger partial charge in [0.2, 0.25) is 0 Å². The van der Waals surface area contributed by atoms with E-state index in [1.54, 1.807) is 0 Å². The Hall–Kier alpha value is -0.700. The van der Waals surface area contributed by atoms with Crippen LogP contribution in [-0.2, 0) is 0 Å². The lowest BCUT2D eigenvalue weighted by atomic mass is 10.1. The Labute approximate surface area is 96.2 Å². The number of unbranched alkanes of at least 4 members (excludes halogenated alkanes) is 4. The van der Waals surface area contributed by atoms with Crippen molar-refractivity contribution in [2.45, 2.75) is 72.1 Å². The van der Waals surface area contributed by atoms with Crippen LogP contribution in [0.1, 0.15) is 72.1 Å². The first-order valence-electron chi connectivity index (χ1n) is 6.53. The molecule has 0 unspecified atom stereocenters. The molecule has 86 valence electrons. The van der Waals surface area contributed by atoms with Crippen LogP contribution in [0.2, 0.25) is 0 Å². The average Bonchev–Trinajstić information content (AvgIpc) is 2.24. The summed E-state index contributed by atoms with van der Waals surface area (Å²) in [5.74, 6) is 6.61. The smallest absolute Gasteiger partial charge is 0.00922 e. The topological polar surface area (TPSA) is 0 Å². The molecule has 0 heterocycles. The Balaban J connectivity index is 3.99. The maximum Gasteiger partial charge on any atom is 0.00922 e. The van der Waals surface area contributed by atoms with Crippen LogP contribution >= 0.6 is 0 Å². The van der Waals surface area contributed by atoms with Gasteiger partial charge in [0.1, 0.15) is 0 Å². The van der Waals surface area contributed by atoms with Crippen molar-refractivity contribution in [3.05, 3.63) is 11.6 Å². The van der Waals surface area contributed by atoms with E-state index in [1.165, 1.54) is 44.1 Å². The molecule has 15 heavy (non-hydrogen) atoms. The van der Waals surface area contributed by atoms with Crippen molar-refractivity contribution in [3.63, 3.8) is 0 Å². The van der Waals surface area contributed by atoms with Gasteiger partial charge in [0.15, 0.2) is 0 Å². The van der Waals surface area contributed by atoms with E-state index in [4.69, 9.17) is 0 Å².